The maximum atomic E-state index is 6.44. The molecule has 1 aliphatic heterocycles. The second-order valence-electron chi connectivity index (χ2n) is 9.20. The maximum Gasteiger partial charge on any atom is 0.222 e. The predicted molar refractivity (Wildman–Crippen MR) is 133 cm³/mol. The third-order valence-electron chi connectivity index (χ3n) is 6.93. The summed E-state index contributed by atoms with van der Waals surface area (Å²) in [5.41, 5.74) is 21.1. The number of anilines is 2. The monoisotopic (exact) mass is 433 g/mol. The molecule has 7 nitrogen and oxygen atoms in total. The molecule has 0 unspecified atom stereocenters. The third kappa shape index (κ3) is 4.40. The van der Waals surface area contributed by atoms with E-state index in [0.717, 1.165) is 67.8 Å². The van der Waals surface area contributed by atoms with Crippen molar-refractivity contribution in [3.63, 3.8) is 0 Å². The molecule has 32 heavy (non-hydrogen) atoms. The van der Waals surface area contributed by atoms with E-state index in [2.05, 4.69) is 71.6 Å². The van der Waals surface area contributed by atoms with E-state index in [1.807, 2.05) is 0 Å². The second kappa shape index (κ2) is 9.00. The number of hydrogen-bond donors (Lipinski definition) is 2. The number of aromatic nitrogens is 3. The number of likely N-dealkylation sites (N-methyl/N-ethyl adjacent to an activating group) is 1. The van der Waals surface area contributed by atoms with Gasteiger partial charge in [0.05, 0.1) is 5.69 Å². The van der Waals surface area contributed by atoms with Crippen molar-refractivity contribution in [2.75, 3.05) is 51.2 Å². The molecule has 1 fully saturated rings. The minimum Gasteiger partial charge on any atom is -0.383 e. The van der Waals surface area contributed by atoms with Crippen molar-refractivity contribution in [1.29, 1.82) is 0 Å². The predicted octanol–water partition coefficient (Wildman–Crippen LogP) is 3.27. The zero-order chi connectivity index (χ0) is 23.0. The van der Waals surface area contributed by atoms with Crippen LogP contribution in [0, 0.1) is 27.7 Å². The summed E-state index contributed by atoms with van der Waals surface area (Å²) in [6.45, 7) is 14.1. The molecule has 1 saturated heterocycles. The van der Waals surface area contributed by atoms with E-state index in [4.69, 9.17) is 11.5 Å². The van der Waals surface area contributed by atoms with Crippen LogP contribution in [0.4, 0.5) is 11.8 Å². The van der Waals surface area contributed by atoms with Crippen molar-refractivity contribution in [2.24, 2.45) is 0 Å². The number of piperazine rings is 1. The average Bonchev–Trinajstić information content (AvgIpc) is 2.74. The Morgan fingerprint density at radius 2 is 1.53 bits per heavy atom. The van der Waals surface area contributed by atoms with Crippen LogP contribution in [0.1, 0.15) is 34.4 Å². The Bertz CT molecular complexity index is 1120. The summed E-state index contributed by atoms with van der Waals surface area (Å²) >= 11 is 0. The van der Waals surface area contributed by atoms with Crippen LogP contribution in [0.2, 0.25) is 0 Å². The van der Waals surface area contributed by atoms with Gasteiger partial charge in [0.1, 0.15) is 5.82 Å². The van der Waals surface area contributed by atoms with Gasteiger partial charge in [0.15, 0.2) is 5.65 Å². The highest BCUT2D eigenvalue weighted by molar-refractivity contribution is 5.90. The zero-order valence-electron chi connectivity index (χ0n) is 20.0. The fourth-order valence-corrected chi connectivity index (χ4v) is 4.70. The second-order valence-corrected chi connectivity index (χ2v) is 9.20. The maximum absolute atomic E-state index is 6.44. The molecule has 0 amide bonds. The van der Waals surface area contributed by atoms with Crippen molar-refractivity contribution in [3.8, 4) is 11.1 Å². The first-order valence-electron chi connectivity index (χ1n) is 11.5. The Labute approximate surface area is 190 Å². The molecular formula is C25H35N7. The number of nitrogens with zero attached hydrogens (tertiary/aromatic N) is 5. The Morgan fingerprint density at radius 3 is 2.19 bits per heavy atom. The van der Waals surface area contributed by atoms with Gasteiger partial charge in [0, 0.05) is 37.1 Å². The summed E-state index contributed by atoms with van der Waals surface area (Å²) < 4.78 is 0. The molecule has 170 valence electrons. The molecule has 3 heterocycles. The Balaban J connectivity index is 1.69. The molecule has 4 N–H and O–H groups in total. The van der Waals surface area contributed by atoms with E-state index in [9.17, 15) is 0 Å². The summed E-state index contributed by atoms with van der Waals surface area (Å²) in [6.07, 6.45) is 1.86. The van der Waals surface area contributed by atoms with Gasteiger partial charge in [-0.1, -0.05) is 6.07 Å². The standard InChI is InChI=1S/C25H35N7/c1-15-13-16(2)18(4)22(17(15)3)20-14-19-21(28-25(27)30-24(19)29-23(20)26)7-6-8-32-11-9-31(5)10-12-32/h13-14H,6-12H2,1-5H3,(H4,26,27,28,29,30). The normalized spacial score (nSPS) is 15.5. The molecule has 1 aliphatic rings. The van der Waals surface area contributed by atoms with E-state index < -0.39 is 0 Å². The molecule has 0 bridgehead atoms. The lowest BCUT2D eigenvalue weighted by atomic mass is 9.89. The van der Waals surface area contributed by atoms with Crippen molar-refractivity contribution in [3.05, 3.63) is 40.1 Å². The van der Waals surface area contributed by atoms with E-state index in [0.29, 0.717) is 11.5 Å². The average molecular weight is 434 g/mol. The number of benzene rings is 1. The topological polar surface area (TPSA) is 97.2 Å². The molecule has 3 aromatic rings. The van der Waals surface area contributed by atoms with Crippen LogP contribution in [-0.2, 0) is 6.42 Å². The van der Waals surface area contributed by atoms with Crippen LogP contribution in [0.15, 0.2) is 12.1 Å². The quantitative estimate of drug-likeness (QED) is 0.637. The van der Waals surface area contributed by atoms with Gasteiger partial charge in [-0.25, -0.2) is 9.97 Å². The first kappa shape index (κ1) is 22.4. The van der Waals surface area contributed by atoms with Crippen molar-refractivity contribution in [1.82, 2.24) is 24.8 Å². The smallest absolute Gasteiger partial charge is 0.222 e. The van der Waals surface area contributed by atoms with Crippen molar-refractivity contribution >= 4 is 22.8 Å². The van der Waals surface area contributed by atoms with Crippen molar-refractivity contribution in [2.45, 2.75) is 40.5 Å². The number of rotatable bonds is 5. The highest BCUT2D eigenvalue weighted by atomic mass is 15.2. The molecule has 0 atom stereocenters. The highest BCUT2D eigenvalue weighted by Gasteiger charge is 2.18. The number of pyridine rings is 1. The third-order valence-corrected chi connectivity index (χ3v) is 6.93. The number of hydrogen-bond acceptors (Lipinski definition) is 7. The minimum absolute atomic E-state index is 0.255. The largest absolute Gasteiger partial charge is 0.383 e. The number of nitrogens with two attached hydrogens (primary N) is 2. The van der Waals surface area contributed by atoms with Crippen molar-refractivity contribution < 1.29 is 0 Å². The van der Waals surface area contributed by atoms with E-state index in [-0.39, 0.29) is 5.95 Å². The number of nitrogen functional groups attached to an aromatic ring is 2. The van der Waals surface area contributed by atoms with Gasteiger partial charge in [-0.15, -0.1) is 0 Å². The fraction of sp³-hybridized carbons (Fsp3) is 0.480. The van der Waals surface area contributed by atoms with Crippen LogP contribution in [-0.4, -0.2) is 64.5 Å². The molecule has 0 radical (unpaired) electrons. The molecule has 0 spiro atoms. The fourth-order valence-electron chi connectivity index (χ4n) is 4.70. The first-order valence-corrected chi connectivity index (χ1v) is 11.5. The summed E-state index contributed by atoms with van der Waals surface area (Å²) in [4.78, 5) is 18.5. The molecule has 7 heteroatoms. The van der Waals surface area contributed by atoms with Crippen LogP contribution in [0.3, 0.4) is 0 Å². The number of aryl methyl sites for hydroxylation is 3. The molecular weight excluding hydrogens is 398 g/mol. The van der Waals surface area contributed by atoms with Crippen LogP contribution < -0.4 is 11.5 Å². The van der Waals surface area contributed by atoms with E-state index in [1.54, 1.807) is 0 Å². The summed E-state index contributed by atoms with van der Waals surface area (Å²) in [5, 5.41) is 0.944. The summed E-state index contributed by atoms with van der Waals surface area (Å²) in [5.74, 6) is 0.737. The highest BCUT2D eigenvalue weighted by Crippen LogP contribution is 2.36. The zero-order valence-corrected chi connectivity index (χ0v) is 20.0. The van der Waals surface area contributed by atoms with Gasteiger partial charge in [-0.2, -0.15) is 4.98 Å². The molecule has 0 saturated carbocycles. The first-order chi connectivity index (χ1) is 15.2. The van der Waals surface area contributed by atoms with Gasteiger partial charge in [0.2, 0.25) is 5.95 Å². The molecule has 0 aliphatic carbocycles. The van der Waals surface area contributed by atoms with Crippen LogP contribution in [0.25, 0.3) is 22.2 Å². The van der Waals surface area contributed by atoms with Crippen LogP contribution in [0.5, 0.6) is 0 Å². The summed E-state index contributed by atoms with van der Waals surface area (Å²) in [6, 6.07) is 4.35. The molecule has 2 aromatic heterocycles. The van der Waals surface area contributed by atoms with E-state index >= 15 is 0 Å². The van der Waals surface area contributed by atoms with Gasteiger partial charge in [-0.05, 0) is 88.0 Å². The lowest BCUT2D eigenvalue weighted by Crippen LogP contribution is -2.44. The Morgan fingerprint density at radius 1 is 0.875 bits per heavy atom. The lowest BCUT2D eigenvalue weighted by Gasteiger charge is -2.32. The molecule has 1 aromatic carbocycles. The summed E-state index contributed by atoms with van der Waals surface area (Å²) in [7, 11) is 2.18. The lowest BCUT2D eigenvalue weighted by molar-refractivity contribution is 0.153. The van der Waals surface area contributed by atoms with Gasteiger partial charge in [0.25, 0.3) is 0 Å². The van der Waals surface area contributed by atoms with Gasteiger partial charge >= 0.3 is 0 Å². The van der Waals surface area contributed by atoms with Gasteiger partial charge < -0.3 is 21.3 Å². The Kier molecular flexibility index (Phi) is 6.31. The number of fused-ring (bicyclic) bond motifs is 1. The van der Waals surface area contributed by atoms with Gasteiger partial charge in [-0.3, -0.25) is 0 Å². The van der Waals surface area contributed by atoms with Crippen LogP contribution >= 0.6 is 0 Å². The van der Waals surface area contributed by atoms with E-state index in [1.165, 1.54) is 22.3 Å². The minimum atomic E-state index is 0.255. The molecule has 4 rings (SSSR count). The Hall–Kier alpha value is -2.77. The SMILES string of the molecule is Cc1cc(C)c(C)c(-c2cc3c(CCCN4CCN(C)CC4)nc(N)nc3nc2N)c1C.